The highest BCUT2D eigenvalue weighted by atomic mass is 32.1. The molecule has 2 aromatic heterocycles. The highest BCUT2D eigenvalue weighted by Gasteiger charge is 2.48. The minimum Gasteiger partial charge on any atom is -0.497 e. The number of anilines is 1. The van der Waals surface area contributed by atoms with Crippen molar-refractivity contribution in [2.45, 2.75) is 32.5 Å². The van der Waals surface area contributed by atoms with Gasteiger partial charge in [0.25, 0.3) is 5.91 Å². The molecule has 5 rings (SSSR count). The molecule has 1 N–H and O–H groups in total. The molecule has 7 nitrogen and oxygen atoms in total. The van der Waals surface area contributed by atoms with E-state index in [0.29, 0.717) is 23.7 Å². The van der Waals surface area contributed by atoms with Gasteiger partial charge in [-0.25, -0.2) is 0 Å². The molecule has 3 heterocycles. The van der Waals surface area contributed by atoms with Crippen molar-refractivity contribution in [3.05, 3.63) is 88.9 Å². The number of nitrogens with zero attached hydrogens (tertiary/aromatic N) is 3. The third kappa shape index (κ3) is 4.21. The maximum absolute atomic E-state index is 13.9. The average Bonchev–Trinajstić information content (AvgIpc) is 3.53. The predicted molar refractivity (Wildman–Crippen MR) is 137 cm³/mol. The first-order valence-corrected chi connectivity index (χ1v) is 12.2. The minimum atomic E-state index is -1.19. The lowest BCUT2D eigenvalue weighted by molar-refractivity contribution is -0.126. The van der Waals surface area contributed by atoms with E-state index in [0.717, 1.165) is 21.7 Å². The lowest BCUT2D eigenvalue weighted by Gasteiger charge is -2.43. The molecular formula is C27H26N4O3S. The fourth-order valence-corrected chi connectivity index (χ4v) is 5.14. The zero-order chi connectivity index (χ0) is 24.6. The van der Waals surface area contributed by atoms with Crippen LogP contribution in [-0.4, -0.2) is 34.2 Å². The molecular weight excluding hydrogens is 460 g/mol. The van der Waals surface area contributed by atoms with Crippen LogP contribution < -0.4 is 15.0 Å². The molecule has 2 aromatic carbocycles. The number of carbonyl (C=O) groups excluding carboxylic acids is 2. The van der Waals surface area contributed by atoms with E-state index >= 15 is 0 Å². The van der Waals surface area contributed by atoms with Crippen molar-refractivity contribution in [1.82, 2.24) is 15.1 Å². The number of aryl methyl sites for hydroxylation is 1. The van der Waals surface area contributed by atoms with Gasteiger partial charge in [0.05, 0.1) is 18.5 Å². The Morgan fingerprint density at radius 3 is 2.63 bits per heavy atom. The fraction of sp³-hybridized carbons (Fsp3) is 0.222. The summed E-state index contributed by atoms with van der Waals surface area (Å²) in [6.45, 7) is 4.40. The molecule has 0 bridgehead atoms. The number of hydrogen-bond acceptors (Lipinski definition) is 5. The van der Waals surface area contributed by atoms with Crippen molar-refractivity contribution in [2.75, 3.05) is 12.0 Å². The summed E-state index contributed by atoms with van der Waals surface area (Å²) in [5.74, 6) is 0.153. The summed E-state index contributed by atoms with van der Waals surface area (Å²) in [6.07, 6.45) is 0. The van der Waals surface area contributed by atoms with Gasteiger partial charge in [-0.1, -0.05) is 35.9 Å². The summed E-state index contributed by atoms with van der Waals surface area (Å²) in [4.78, 5) is 30.1. The number of fused-ring (bicyclic) bond motifs is 1. The van der Waals surface area contributed by atoms with Crippen molar-refractivity contribution in [1.29, 1.82) is 0 Å². The number of hydrogen-bond donors (Lipinski definition) is 1. The van der Waals surface area contributed by atoms with Gasteiger partial charge in [0.15, 0.2) is 0 Å². The Hall–Kier alpha value is -3.91. The second kappa shape index (κ2) is 9.03. The van der Waals surface area contributed by atoms with Gasteiger partial charge in [0.2, 0.25) is 5.91 Å². The molecule has 0 saturated heterocycles. The molecule has 2 amide bonds. The van der Waals surface area contributed by atoms with Crippen LogP contribution in [0.1, 0.15) is 28.5 Å². The summed E-state index contributed by atoms with van der Waals surface area (Å²) < 4.78 is 6.94. The van der Waals surface area contributed by atoms with Crippen molar-refractivity contribution < 1.29 is 14.3 Å². The van der Waals surface area contributed by atoms with E-state index in [-0.39, 0.29) is 18.4 Å². The molecule has 0 spiro atoms. The lowest BCUT2D eigenvalue weighted by Crippen LogP contribution is -2.64. The van der Waals surface area contributed by atoms with E-state index in [1.807, 2.05) is 48.7 Å². The number of nitrogens with one attached hydrogen (secondary N) is 1. The first-order valence-electron chi connectivity index (χ1n) is 11.3. The second-order valence-corrected chi connectivity index (χ2v) is 9.78. The first-order chi connectivity index (χ1) is 16.9. The van der Waals surface area contributed by atoms with Crippen LogP contribution >= 0.6 is 11.3 Å². The van der Waals surface area contributed by atoms with Gasteiger partial charge >= 0.3 is 0 Å². The fourth-order valence-electron chi connectivity index (χ4n) is 4.46. The Labute approximate surface area is 208 Å². The van der Waals surface area contributed by atoms with Gasteiger partial charge in [-0.15, -0.1) is 11.3 Å². The molecule has 35 heavy (non-hydrogen) atoms. The van der Waals surface area contributed by atoms with E-state index in [1.54, 1.807) is 65.3 Å². The second-order valence-electron chi connectivity index (χ2n) is 8.83. The van der Waals surface area contributed by atoms with Crippen LogP contribution in [0, 0.1) is 6.92 Å². The summed E-state index contributed by atoms with van der Waals surface area (Å²) in [5.41, 5.74) is 2.73. The minimum absolute atomic E-state index is 0.227. The normalized spacial score (nSPS) is 17.2. The number of methoxy groups -OCH3 is 1. The van der Waals surface area contributed by atoms with E-state index in [4.69, 9.17) is 4.74 Å². The van der Waals surface area contributed by atoms with Crippen molar-refractivity contribution in [3.8, 4) is 16.3 Å². The molecule has 4 aromatic rings. The Morgan fingerprint density at radius 1 is 1.14 bits per heavy atom. The Kier molecular flexibility index (Phi) is 5.90. The van der Waals surface area contributed by atoms with E-state index < -0.39 is 5.54 Å². The Bertz CT molecular complexity index is 1380. The molecule has 0 radical (unpaired) electrons. The summed E-state index contributed by atoms with van der Waals surface area (Å²) in [7, 11) is 1.59. The van der Waals surface area contributed by atoms with Crippen LogP contribution in [0.15, 0.2) is 72.1 Å². The van der Waals surface area contributed by atoms with Gasteiger partial charge in [-0.2, -0.15) is 5.10 Å². The lowest BCUT2D eigenvalue weighted by atomic mass is 9.93. The number of ether oxygens (including phenoxy) is 1. The predicted octanol–water partition coefficient (Wildman–Crippen LogP) is 4.66. The summed E-state index contributed by atoms with van der Waals surface area (Å²) in [6, 6.07) is 20.9. The highest BCUT2D eigenvalue weighted by Crippen LogP contribution is 2.35. The van der Waals surface area contributed by atoms with Crippen LogP contribution in [-0.2, 0) is 17.9 Å². The zero-order valence-electron chi connectivity index (χ0n) is 19.8. The van der Waals surface area contributed by atoms with Gasteiger partial charge in [-0.3, -0.25) is 19.2 Å². The molecule has 178 valence electrons. The number of aromatic nitrogens is 2. The van der Waals surface area contributed by atoms with Gasteiger partial charge in [0, 0.05) is 12.2 Å². The SMILES string of the molecule is COc1ccc(N2C(=O)c3cc(-c4cccs4)nn3C[C@@]2(C)C(=O)NCc2cccc(C)c2)cc1. The van der Waals surface area contributed by atoms with Crippen LogP contribution in [0.25, 0.3) is 10.6 Å². The van der Waals surface area contributed by atoms with Crippen molar-refractivity contribution in [3.63, 3.8) is 0 Å². The smallest absolute Gasteiger partial charge is 0.277 e. The number of benzene rings is 2. The number of amides is 2. The van der Waals surface area contributed by atoms with Crippen LogP contribution in [0.3, 0.4) is 0 Å². The largest absolute Gasteiger partial charge is 0.497 e. The van der Waals surface area contributed by atoms with Crippen molar-refractivity contribution in [2.24, 2.45) is 0 Å². The van der Waals surface area contributed by atoms with E-state index in [2.05, 4.69) is 10.4 Å². The molecule has 1 atom stereocenters. The number of rotatable bonds is 6. The zero-order valence-corrected chi connectivity index (χ0v) is 20.6. The highest BCUT2D eigenvalue weighted by molar-refractivity contribution is 7.13. The third-order valence-corrected chi connectivity index (χ3v) is 7.17. The Balaban J connectivity index is 1.53. The molecule has 1 aliphatic rings. The number of carbonyl (C=O) groups is 2. The monoisotopic (exact) mass is 486 g/mol. The molecule has 8 heteroatoms. The molecule has 0 saturated carbocycles. The van der Waals surface area contributed by atoms with Crippen LogP contribution in [0.2, 0.25) is 0 Å². The van der Waals surface area contributed by atoms with Gasteiger partial charge < -0.3 is 10.1 Å². The average molecular weight is 487 g/mol. The molecule has 0 fully saturated rings. The van der Waals surface area contributed by atoms with Crippen LogP contribution in [0.5, 0.6) is 5.75 Å². The molecule has 0 aliphatic carbocycles. The topological polar surface area (TPSA) is 76.5 Å². The van der Waals surface area contributed by atoms with Crippen LogP contribution in [0.4, 0.5) is 5.69 Å². The standard InChI is InChI=1S/C27H26N4O3S/c1-18-6-4-7-19(14-18)16-28-26(33)27(2)17-30-23(15-22(29-30)24-8-5-13-35-24)25(32)31(27)20-9-11-21(34-3)12-10-20/h4-15H,16-17H2,1-3H3,(H,28,33)/t27-/m0/s1. The Morgan fingerprint density at radius 2 is 1.94 bits per heavy atom. The quantitative estimate of drug-likeness (QED) is 0.430. The van der Waals surface area contributed by atoms with Gasteiger partial charge in [-0.05, 0) is 61.2 Å². The van der Waals surface area contributed by atoms with Crippen molar-refractivity contribution >= 4 is 28.8 Å². The number of thiophene rings is 1. The van der Waals surface area contributed by atoms with Gasteiger partial charge in [0.1, 0.15) is 22.7 Å². The molecule has 1 aliphatic heterocycles. The summed E-state index contributed by atoms with van der Waals surface area (Å²) >= 11 is 1.56. The van der Waals surface area contributed by atoms with E-state index in [1.165, 1.54) is 0 Å². The third-order valence-electron chi connectivity index (χ3n) is 6.28. The summed E-state index contributed by atoms with van der Waals surface area (Å²) in [5, 5.41) is 9.71. The first kappa shape index (κ1) is 22.9. The van der Waals surface area contributed by atoms with E-state index in [9.17, 15) is 9.59 Å². The maximum Gasteiger partial charge on any atom is 0.277 e. The molecule has 0 unspecified atom stereocenters. The maximum atomic E-state index is 13.9.